The molecule has 0 atom stereocenters. The Labute approximate surface area is 97.5 Å². The van der Waals surface area contributed by atoms with E-state index in [1.807, 2.05) is 0 Å². The Bertz CT molecular complexity index is 543. The highest BCUT2D eigenvalue weighted by atomic mass is 19.1. The first-order valence-electron chi connectivity index (χ1n) is 5.02. The number of aryl methyl sites for hydroxylation is 1. The van der Waals surface area contributed by atoms with Gasteiger partial charge in [-0.25, -0.2) is 4.39 Å². The van der Waals surface area contributed by atoms with Crippen LogP contribution < -0.4 is 5.32 Å². The van der Waals surface area contributed by atoms with Crippen molar-refractivity contribution in [2.75, 3.05) is 5.32 Å². The van der Waals surface area contributed by atoms with Crippen molar-refractivity contribution in [3.05, 3.63) is 53.5 Å². The van der Waals surface area contributed by atoms with Gasteiger partial charge in [0.2, 0.25) is 0 Å². The molecule has 17 heavy (non-hydrogen) atoms. The molecule has 2 aromatic rings. The molecule has 1 aromatic carbocycles. The quantitative estimate of drug-likeness (QED) is 0.861. The van der Waals surface area contributed by atoms with E-state index in [0.717, 1.165) is 5.56 Å². The second-order valence-corrected chi connectivity index (χ2v) is 3.55. The number of amides is 1. The fraction of sp³-hybridized carbons (Fsp3) is 0.0833. The van der Waals surface area contributed by atoms with E-state index < -0.39 is 11.7 Å². The van der Waals surface area contributed by atoms with Crippen molar-refractivity contribution >= 4 is 11.7 Å². The van der Waals surface area contributed by atoms with Crippen LogP contribution >= 0.6 is 0 Å². The first kappa shape index (κ1) is 11.2. The van der Waals surface area contributed by atoms with Crippen LogP contribution in [-0.2, 0) is 0 Å². The van der Waals surface area contributed by atoms with Crippen LogP contribution in [0.4, 0.5) is 10.2 Å². The summed E-state index contributed by atoms with van der Waals surface area (Å²) < 4.78 is 13.4. The van der Waals surface area contributed by atoms with Gasteiger partial charge < -0.3 is 5.32 Å². The van der Waals surface area contributed by atoms with Gasteiger partial charge >= 0.3 is 0 Å². The average molecular weight is 231 g/mol. The van der Waals surface area contributed by atoms with Crippen LogP contribution in [0, 0.1) is 12.7 Å². The van der Waals surface area contributed by atoms with Gasteiger partial charge in [0.05, 0.1) is 5.56 Å². The number of halogens is 1. The summed E-state index contributed by atoms with van der Waals surface area (Å²) in [4.78, 5) is 11.8. The Balaban J connectivity index is 2.23. The van der Waals surface area contributed by atoms with Gasteiger partial charge in [0.1, 0.15) is 5.82 Å². The number of carbonyl (C=O) groups is 1. The summed E-state index contributed by atoms with van der Waals surface area (Å²) in [5.74, 6) is -0.804. The van der Waals surface area contributed by atoms with Crippen molar-refractivity contribution < 1.29 is 9.18 Å². The minimum atomic E-state index is -0.558. The molecule has 0 aliphatic carbocycles. The summed E-state index contributed by atoms with van der Waals surface area (Å²) in [6.45, 7) is 1.79. The SMILES string of the molecule is Cc1ccc(F)c(C(=O)Nc2cccnn2)c1. The van der Waals surface area contributed by atoms with Crippen LogP contribution in [0.2, 0.25) is 0 Å². The number of benzene rings is 1. The van der Waals surface area contributed by atoms with Gasteiger partial charge in [0.15, 0.2) is 5.82 Å². The maximum Gasteiger partial charge on any atom is 0.259 e. The Hall–Kier alpha value is -2.30. The molecular weight excluding hydrogens is 221 g/mol. The van der Waals surface area contributed by atoms with Crippen LogP contribution in [-0.4, -0.2) is 16.1 Å². The molecule has 0 saturated carbocycles. The van der Waals surface area contributed by atoms with E-state index in [0.29, 0.717) is 5.82 Å². The first-order chi connectivity index (χ1) is 8.16. The molecule has 86 valence electrons. The molecule has 0 radical (unpaired) electrons. The maximum atomic E-state index is 13.4. The van der Waals surface area contributed by atoms with Crippen molar-refractivity contribution in [3.8, 4) is 0 Å². The first-order valence-corrected chi connectivity index (χ1v) is 5.02. The highest BCUT2D eigenvalue weighted by molar-refractivity contribution is 6.04. The van der Waals surface area contributed by atoms with E-state index in [-0.39, 0.29) is 5.56 Å². The van der Waals surface area contributed by atoms with Crippen LogP contribution in [0.25, 0.3) is 0 Å². The summed E-state index contributed by atoms with van der Waals surface area (Å²) in [7, 11) is 0. The van der Waals surface area contributed by atoms with Gasteiger partial charge in [-0.05, 0) is 31.2 Å². The normalized spacial score (nSPS) is 10.0. The second-order valence-electron chi connectivity index (χ2n) is 3.55. The molecule has 1 heterocycles. The van der Waals surface area contributed by atoms with E-state index >= 15 is 0 Å². The minimum absolute atomic E-state index is 0.00402. The number of aromatic nitrogens is 2. The number of rotatable bonds is 2. The summed E-state index contributed by atoms with van der Waals surface area (Å²) in [6, 6.07) is 7.57. The Morgan fingerprint density at radius 1 is 1.35 bits per heavy atom. The van der Waals surface area contributed by atoms with Gasteiger partial charge in [-0.15, -0.1) is 5.10 Å². The van der Waals surface area contributed by atoms with Crippen LogP contribution in [0.3, 0.4) is 0 Å². The van der Waals surface area contributed by atoms with E-state index in [2.05, 4.69) is 15.5 Å². The van der Waals surface area contributed by atoms with Gasteiger partial charge in [-0.2, -0.15) is 5.10 Å². The van der Waals surface area contributed by atoms with Gasteiger partial charge in [-0.3, -0.25) is 4.79 Å². The number of anilines is 1. The Morgan fingerprint density at radius 2 is 2.18 bits per heavy atom. The third-order valence-corrected chi connectivity index (χ3v) is 2.18. The minimum Gasteiger partial charge on any atom is -0.305 e. The molecule has 0 fully saturated rings. The lowest BCUT2D eigenvalue weighted by Crippen LogP contribution is -2.15. The molecule has 1 amide bonds. The zero-order chi connectivity index (χ0) is 12.3. The third-order valence-electron chi connectivity index (χ3n) is 2.18. The van der Waals surface area contributed by atoms with E-state index in [1.54, 1.807) is 25.1 Å². The molecule has 0 unspecified atom stereocenters. The third kappa shape index (κ3) is 2.63. The summed E-state index contributed by atoms with van der Waals surface area (Å²) >= 11 is 0. The number of hydrogen-bond acceptors (Lipinski definition) is 3. The number of nitrogens with one attached hydrogen (secondary N) is 1. The molecular formula is C12H10FN3O. The lowest BCUT2D eigenvalue weighted by Gasteiger charge is -2.05. The van der Waals surface area contributed by atoms with E-state index in [4.69, 9.17) is 0 Å². The van der Waals surface area contributed by atoms with Gasteiger partial charge in [0, 0.05) is 6.20 Å². The van der Waals surface area contributed by atoms with Crippen molar-refractivity contribution in [2.24, 2.45) is 0 Å². The summed E-state index contributed by atoms with van der Waals surface area (Å²) in [5.41, 5.74) is 0.811. The maximum absolute atomic E-state index is 13.4. The molecule has 0 bridgehead atoms. The Kier molecular flexibility index (Phi) is 3.09. The number of nitrogens with zero attached hydrogens (tertiary/aromatic N) is 2. The highest BCUT2D eigenvalue weighted by Crippen LogP contribution is 2.11. The number of hydrogen-bond donors (Lipinski definition) is 1. The smallest absolute Gasteiger partial charge is 0.259 e. The summed E-state index contributed by atoms with van der Waals surface area (Å²) in [5, 5.41) is 9.78. The van der Waals surface area contributed by atoms with Crippen LogP contribution in [0.1, 0.15) is 15.9 Å². The van der Waals surface area contributed by atoms with Crippen molar-refractivity contribution in [2.45, 2.75) is 6.92 Å². The monoisotopic (exact) mass is 231 g/mol. The molecule has 2 rings (SSSR count). The van der Waals surface area contributed by atoms with Crippen LogP contribution in [0.5, 0.6) is 0 Å². The fourth-order valence-corrected chi connectivity index (χ4v) is 1.36. The highest BCUT2D eigenvalue weighted by Gasteiger charge is 2.12. The van der Waals surface area contributed by atoms with Crippen molar-refractivity contribution in [3.63, 3.8) is 0 Å². The predicted octanol–water partition coefficient (Wildman–Crippen LogP) is 2.18. The average Bonchev–Trinajstić information content (AvgIpc) is 2.33. The topological polar surface area (TPSA) is 54.9 Å². The van der Waals surface area contributed by atoms with Crippen LogP contribution in [0.15, 0.2) is 36.5 Å². The second kappa shape index (κ2) is 4.69. The molecule has 0 aliphatic heterocycles. The molecule has 1 N–H and O–H groups in total. The molecule has 0 saturated heterocycles. The van der Waals surface area contributed by atoms with E-state index in [9.17, 15) is 9.18 Å². The zero-order valence-electron chi connectivity index (χ0n) is 9.14. The largest absolute Gasteiger partial charge is 0.305 e. The van der Waals surface area contributed by atoms with E-state index in [1.165, 1.54) is 18.3 Å². The Morgan fingerprint density at radius 3 is 2.88 bits per heavy atom. The van der Waals surface area contributed by atoms with Gasteiger partial charge in [-0.1, -0.05) is 11.6 Å². The molecule has 0 spiro atoms. The lowest BCUT2D eigenvalue weighted by molar-refractivity contribution is 0.102. The molecule has 5 heteroatoms. The standard InChI is InChI=1S/C12H10FN3O/c1-8-4-5-10(13)9(7-8)12(17)15-11-3-2-6-14-16-11/h2-7H,1H3,(H,15,16,17). The molecule has 0 aliphatic rings. The number of carbonyl (C=O) groups excluding carboxylic acids is 1. The predicted molar refractivity (Wildman–Crippen MR) is 61.1 cm³/mol. The van der Waals surface area contributed by atoms with Gasteiger partial charge in [0.25, 0.3) is 5.91 Å². The molecule has 4 nitrogen and oxygen atoms in total. The zero-order valence-corrected chi connectivity index (χ0v) is 9.14. The van der Waals surface area contributed by atoms with Crippen molar-refractivity contribution in [1.29, 1.82) is 0 Å². The molecule has 1 aromatic heterocycles. The lowest BCUT2D eigenvalue weighted by atomic mass is 10.1. The van der Waals surface area contributed by atoms with Crippen molar-refractivity contribution in [1.82, 2.24) is 10.2 Å². The fourth-order valence-electron chi connectivity index (χ4n) is 1.36. The summed E-state index contributed by atoms with van der Waals surface area (Å²) in [6.07, 6.45) is 1.49.